The van der Waals surface area contributed by atoms with Crippen LogP contribution in [0.1, 0.15) is 46.7 Å². The number of aryl methyl sites for hydroxylation is 2. The van der Waals surface area contributed by atoms with Crippen LogP contribution in [0.3, 0.4) is 0 Å². The Morgan fingerprint density at radius 2 is 2.00 bits per heavy atom. The number of hydrogen-bond donors (Lipinski definition) is 1. The molecule has 2 aromatic heterocycles. The van der Waals surface area contributed by atoms with E-state index in [1.165, 1.54) is 27.7 Å². The van der Waals surface area contributed by atoms with Gasteiger partial charge in [-0.2, -0.15) is 0 Å². The lowest BCUT2D eigenvalue weighted by Gasteiger charge is -2.44. The highest BCUT2D eigenvalue weighted by Gasteiger charge is 2.48. The average Bonchev–Trinajstić information content (AvgIpc) is 2.93. The molecular weight excluding hydrogens is 334 g/mol. The summed E-state index contributed by atoms with van der Waals surface area (Å²) < 4.78 is 2.42. The van der Waals surface area contributed by atoms with E-state index in [0.717, 1.165) is 36.5 Å². The number of rotatable bonds is 2. The number of nitrogens with zero attached hydrogens (tertiary/aromatic N) is 3. The van der Waals surface area contributed by atoms with Gasteiger partial charge in [0.2, 0.25) is 0 Å². The van der Waals surface area contributed by atoms with E-state index in [2.05, 4.69) is 59.6 Å². The summed E-state index contributed by atoms with van der Waals surface area (Å²) in [7, 11) is 2.19. The molecule has 1 aliphatic heterocycles. The Morgan fingerprint density at radius 1 is 1.19 bits per heavy atom. The highest BCUT2D eigenvalue weighted by molar-refractivity contribution is 5.86. The van der Waals surface area contributed by atoms with E-state index in [1.54, 1.807) is 0 Å². The van der Waals surface area contributed by atoms with Crippen molar-refractivity contribution in [1.29, 1.82) is 0 Å². The summed E-state index contributed by atoms with van der Waals surface area (Å²) in [4.78, 5) is 7.00. The van der Waals surface area contributed by atoms with Crippen molar-refractivity contribution in [2.24, 2.45) is 0 Å². The summed E-state index contributed by atoms with van der Waals surface area (Å²) >= 11 is 0. The van der Waals surface area contributed by atoms with Crippen LogP contribution >= 0.6 is 0 Å². The molecule has 0 saturated heterocycles. The standard InChI is InChI=1S/C23H27N3O/c1-14-5-8-21-17(11-14)18-13-25(4)10-9-22(18)26(21)16(3)23(27)12-20-19(23)7-6-15(2)24-20/h5-8,11,16,27H,9-10,12-13H2,1-4H3. The smallest absolute Gasteiger partial charge is 0.117 e. The van der Waals surface area contributed by atoms with Gasteiger partial charge in [0.05, 0.1) is 11.7 Å². The Morgan fingerprint density at radius 3 is 2.78 bits per heavy atom. The van der Waals surface area contributed by atoms with Crippen LogP contribution in [0.4, 0.5) is 0 Å². The fraction of sp³-hybridized carbons (Fsp3) is 0.435. The second-order valence-electron chi connectivity index (χ2n) is 8.53. The van der Waals surface area contributed by atoms with Crippen molar-refractivity contribution in [3.8, 4) is 0 Å². The van der Waals surface area contributed by atoms with Crippen molar-refractivity contribution in [2.45, 2.75) is 51.8 Å². The zero-order valence-electron chi connectivity index (χ0n) is 16.6. The molecule has 140 valence electrons. The monoisotopic (exact) mass is 361 g/mol. The van der Waals surface area contributed by atoms with Crippen molar-refractivity contribution in [2.75, 3.05) is 13.6 Å². The number of benzene rings is 1. The first kappa shape index (κ1) is 17.0. The summed E-state index contributed by atoms with van der Waals surface area (Å²) in [5, 5.41) is 12.9. The predicted molar refractivity (Wildman–Crippen MR) is 108 cm³/mol. The highest BCUT2D eigenvalue weighted by atomic mass is 16.3. The Bertz CT molecular complexity index is 1070. The maximum absolute atomic E-state index is 11.6. The molecular formula is C23H27N3O. The van der Waals surface area contributed by atoms with Crippen molar-refractivity contribution in [3.05, 3.63) is 64.1 Å². The van der Waals surface area contributed by atoms with Gasteiger partial charge in [0, 0.05) is 53.8 Å². The van der Waals surface area contributed by atoms with Crippen LogP contribution in [-0.2, 0) is 25.0 Å². The summed E-state index contributed by atoms with van der Waals surface area (Å²) in [6, 6.07) is 10.8. The Balaban J connectivity index is 1.68. The molecule has 1 N–H and O–H groups in total. The molecule has 3 heterocycles. The van der Waals surface area contributed by atoms with E-state index in [-0.39, 0.29) is 6.04 Å². The van der Waals surface area contributed by atoms with Gasteiger partial charge in [-0.1, -0.05) is 17.7 Å². The number of fused-ring (bicyclic) bond motifs is 4. The summed E-state index contributed by atoms with van der Waals surface area (Å²) in [5.41, 5.74) is 7.57. The van der Waals surface area contributed by atoms with Crippen LogP contribution < -0.4 is 0 Å². The van der Waals surface area contributed by atoms with Gasteiger partial charge in [-0.15, -0.1) is 0 Å². The maximum atomic E-state index is 11.6. The lowest BCUT2D eigenvalue weighted by molar-refractivity contribution is -0.0350. The molecule has 0 spiro atoms. The third-order valence-electron chi connectivity index (χ3n) is 6.63. The highest BCUT2D eigenvalue weighted by Crippen LogP contribution is 2.48. The molecule has 3 aromatic rings. The molecule has 4 heteroatoms. The van der Waals surface area contributed by atoms with Crippen molar-refractivity contribution in [1.82, 2.24) is 14.5 Å². The van der Waals surface area contributed by atoms with Gasteiger partial charge in [0.1, 0.15) is 5.60 Å². The Kier molecular flexibility index (Phi) is 3.56. The molecule has 0 bridgehead atoms. The van der Waals surface area contributed by atoms with Gasteiger partial charge < -0.3 is 14.6 Å². The number of aliphatic hydroxyl groups is 1. The summed E-state index contributed by atoms with van der Waals surface area (Å²) in [6.07, 6.45) is 1.66. The van der Waals surface area contributed by atoms with Crippen LogP contribution in [0.15, 0.2) is 30.3 Å². The number of likely N-dealkylation sites (N-methyl/N-ethyl adjacent to an activating group) is 1. The average molecular weight is 361 g/mol. The number of aromatic nitrogens is 2. The molecule has 1 aliphatic carbocycles. The van der Waals surface area contributed by atoms with E-state index in [1.807, 2.05) is 13.0 Å². The Hall–Kier alpha value is -2.17. The van der Waals surface area contributed by atoms with E-state index < -0.39 is 5.60 Å². The van der Waals surface area contributed by atoms with E-state index in [9.17, 15) is 5.11 Å². The third kappa shape index (κ3) is 2.33. The fourth-order valence-corrected chi connectivity index (χ4v) is 5.05. The first-order valence-electron chi connectivity index (χ1n) is 9.88. The van der Waals surface area contributed by atoms with Crippen LogP contribution in [0.5, 0.6) is 0 Å². The molecule has 0 fully saturated rings. The quantitative estimate of drug-likeness (QED) is 0.758. The predicted octanol–water partition coefficient (Wildman–Crippen LogP) is 3.65. The second kappa shape index (κ2) is 5.66. The molecule has 1 aromatic carbocycles. The van der Waals surface area contributed by atoms with Crippen LogP contribution in [0.2, 0.25) is 0 Å². The largest absolute Gasteiger partial charge is 0.383 e. The van der Waals surface area contributed by atoms with Crippen LogP contribution in [-0.4, -0.2) is 33.1 Å². The summed E-state index contributed by atoms with van der Waals surface area (Å²) in [6.45, 7) is 8.37. The molecule has 2 unspecified atom stereocenters. The van der Waals surface area contributed by atoms with Gasteiger partial charge in [-0.3, -0.25) is 4.98 Å². The molecule has 0 saturated carbocycles. The molecule has 5 rings (SSSR count). The van der Waals surface area contributed by atoms with E-state index >= 15 is 0 Å². The minimum Gasteiger partial charge on any atom is -0.383 e. The SMILES string of the molecule is Cc1ccc2c(c1)c1c(n2C(C)C2(O)Cc3nc(C)ccc32)CCN(C)C1. The first-order chi connectivity index (χ1) is 12.9. The fourth-order valence-electron chi connectivity index (χ4n) is 5.05. The van der Waals surface area contributed by atoms with Crippen molar-refractivity contribution < 1.29 is 5.11 Å². The van der Waals surface area contributed by atoms with Crippen LogP contribution in [0, 0.1) is 13.8 Å². The van der Waals surface area contributed by atoms with Crippen molar-refractivity contribution >= 4 is 10.9 Å². The van der Waals surface area contributed by atoms with Gasteiger partial charge in [0.15, 0.2) is 0 Å². The topological polar surface area (TPSA) is 41.3 Å². The minimum atomic E-state index is -0.843. The first-order valence-corrected chi connectivity index (χ1v) is 9.88. The molecule has 2 atom stereocenters. The third-order valence-corrected chi connectivity index (χ3v) is 6.63. The second-order valence-corrected chi connectivity index (χ2v) is 8.53. The van der Waals surface area contributed by atoms with Gasteiger partial charge in [0.25, 0.3) is 0 Å². The Labute approximate surface area is 160 Å². The number of pyridine rings is 1. The normalized spacial score (nSPS) is 23.0. The zero-order chi connectivity index (χ0) is 18.9. The summed E-state index contributed by atoms with van der Waals surface area (Å²) in [5.74, 6) is 0. The molecule has 0 amide bonds. The molecule has 4 nitrogen and oxygen atoms in total. The zero-order valence-corrected chi connectivity index (χ0v) is 16.6. The van der Waals surface area contributed by atoms with E-state index in [4.69, 9.17) is 0 Å². The van der Waals surface area contributed by atoms with Gasteiger partial charge >= 0.3 is 0 Å². The van der Waals surface area contributed by atoms with Crippen LogP contribution in [0.25, 0.3) is 10.9 Å². The number of hydrogen-bond acceptors (Lipinski definition) is 3. The van der Waals surface area contributed by atoms with Gasteiger partial charge in [-0.05, 0) is 51.6 Å². The molecule has 0 radical (unpaired) electrons. The minimum absolute atomic E-state index is 0.0214. The lowest BCUT2D eigenvalue weighted by Crippen LogP contribution is -2.46. The molecule has 27 heavy (non-hydrogen) atoms. The maximum Gasteiger partial charge on any atom is 0.117 e. The molecule has 2 aliphatic rings. The van der Waals surface area contributed by atoms with Crippen molar-refractivity contribution in [3.63, 3.8) is 0 Å². The lowest BCUT2D eigenvalue weighted by atomic mass is 9.72. The van der Waals surface area contributed by atoms with Gasteiger partial charge in [-0.25, -0.2) is 0 Å². The van der Waals surface area contributed by atoms with E-state index in [0.29, 0.717) is 6.42 Å².